The van der Waals surface area contributed by atoms with Crippen LogP contribution >= 0.6 is 0 Å². The number of nitrogens with zero attached hydrogens (tertiary/aromatic N) is 3. The van der Waals surface area contributed by atoms with Crippen molar-refractivity contribution in [3.63, 3.8) is 0 Å². The first-order valence-electron chi connectivity index (χ1n) is 6.62. The van der Waals surface area contributed by atoms with Crippen molar-refractivity contribution in [3.8, 4) is 0 Å². The van der Waals surface area contributed by atoms with Crippen molar-refractivity contribution >= 4 is 0 Å². The van der Waals surface area contributed by atoms with Gasteiger partial charge in [0.2, 0.25) is 11.8 Å². The summed E-state index contributed by atoms with van der Waals surface area (Å²) in [5, 5.41) is 11.7. The molecule has 0 aliphatic carbocycles. The van der Waals surface area contributed by atoms with Gasteiger partial charge in [0.25, 0.3) is 0 Å². The van der Waals surface area contributed by atoms with Crippen LogP contribution in [0, 0.1) is 5.92 Å². The van der Waals surface area contributed by atoms with Crippen molar-refractivity contribution in [1.29, 1.82) is 0 Å². The molecule has 3 rings (SSSR count). The van der Waals surface area contributed by atoms with E-state index in [1.165, 1.54) is 25.9 Å². The largest absolute Gasteiger partial charge is 0.424 e. The number of aromatic nitrogens is 2. The number of hydrogen-bond donors (Lipinski definition) is 1. The molecule has 1 aromatic heterocycles. The van der Waals surface area contributed by atoms with Gasteiger partial charge in [0.05, 0.1) is 6.54 Å². The maximum atomic E-state index is 5.56. The monoisotopic (exact) mass is 236 g/mol. The normalized spacial score (nSPS) is 29.5. The standard InChI is InChI=1S/C12H20N4O/c1-2-11-14-15-12(17-11)8-16-6-9-4-3-5-13-10(9)7-16/h9-10,13H,2-8H2,1H3/t9-,10+/m0/s1. The van der Waals surface area contributed by atoms with Crippen LogP contribution in [0.25, 0.3) is 0 Å². The first kappa shape index (κ1) is 11.2. The molecule has 5 heteroatoms. The quantitative estimate of drug-likeness (QED) is 0.842. The Kier molecular flexibility index (Phi) is 3.11. The highest BCUT2D eigenvalue weighted by Gasteiger charge is 2.34. The average molecular weight is 236 g/mol. The van der Waals surface area contributed by atoms with Crippen molar-refractivity contribution in [2.45, 2.75) is 38.8 Å². The minimum Gasteiger partial charge on any atom is -0.424 e. The number of piperidine rings is 1. The Bertz CT molecular complexity index is 364. The average Bonchev–Trinajstić information content (AvgIpc) is 2.94. The smallest absolute Gasteiger partial charge is 0.230 e. The lowest BCUT2D eigenvalue weighted by atomic mass is 9.94. The van der Waals surface area contributed by atoms with Gasteiger partial charge in [-0.3, -0.25) is 4.90 Å². The minimum atomic E-state index is 0.678. The second-order valence-electron chi connectivity index (χ2n) is 5.10. The highest BCUT2D eigenvalue weighted by molar-refractivity contribution is 4.93. The molecule has 2 fully saturated rings. The van der Waals surface area contributed by atoms with Gasteiger partial charge in [-0.25, -0.2) is 0 Å². The third kappa shape index (κ3) is 2.35. The summed E-state index contributed by atoms with van der Waals surface area (Å²) in [7, 11) is 0. The van der Waals surface area contributed by atoms with Crippen LogP contribution in [-0.2, 0) is 13.0 Å². The van der Waals surface area contributed by atoms with E-state index in [9.17, 15) is 0 Å². The van der Waals surface area contributed by atoms with Crippen LogP contribution in [0.5, 0.6) is 0 Å². The SMILES string of the molecule is CCc1nnc(CN2C[C@@H]3CCCN[C@@H]3C2)o1. The fourth-order valence-corrected chi connectivity index (χ4v) is 2.95. The number of nitrogens with one attached hydrogen (secondary N) is 1. The second-order valence-corrected chi connectivity index (χ2v) is 5.10. The van der Waals surface area contributed by atoms with E-state index in [4.69, 9.17) is 4.42 Å². The zero-order chi connectivity index (χ0) is 11.7. The molecule has 2 aliphatic heterocycles. The maximum Gasteiger partial charge on any atom is 0.230 e. The molecule has 1 aromatic rings. The lowest BCUT2D eigenvalue weighted by molar-refractivity contribution is 0.275. The van der Waals surface area contributed by atoms with Crippen LogP contribution in [-0.4, -0.2) is 40.8 Å². The molecular formula is C12H20N4O. The summed E-state index contributed by atoms with van der Waals surface area (Å²) >= 11 is 0. The Morgan fingerprint density at radius 2 is 2.24 bits per heavy atom. The Balaban J connectivity index is 1.59. The Hall–Kier alpha value is -0.940. The first-order chi connectivity index (χ1) is 8.35. The molecule has 0 spiro atoms. The van der Waals surface area contributed by atoms with Gasteiger partial charge >= 0.3 is 0 Å². The molecule has 5 nitrogen and oxygen atoms in total. The van der Waals surface area contributed by atoms with Gasteiger partial charge < -0.3 is 9.73 Å². The van der Waals surface area contributed by atoms with Gasteiger partial charge in [-0.05, 0) is 25.3 Å². The third-order valence-electron chi connectivity index (χ3n) is 3.84. The van der Waals surface area contributed by atoms with Gasteiger partial charge in [-0.15, -0.1) is 10.2 Å². The molecule has 0 saturated carbocycles. The number of aryl methyl sites for hydroxylation is 1. The van der Waals surface area contributed by atoms with E-state index in [2.05, 4.69) is 20.4 Å². The summed E-state index contributed by atoms with van der Waals surface area (Å²) in [5.74, 6) is 2.33. The van der Waals surface area contributed by atoms with Gasteiger partial charge in [-0.1, -0.05) is 6.92 Å². The fraction of sp³-hybridized carbons (Fsp3) is 0.833. The summed E-state index contributed by atoms with van der Waals surface area (Å²) < 4.78 is 5.56. The molecule has 0 amide bonds. The number of fused-ring (bicyclic) bond motifs is 1. The predicted molar refractivity (Wildman–Crippen MR) is 63.5 cm³/mol. The number of likely N-dealkylation sites (tertiary alicyclic amines) is 1. The van der Waals surface area contributed by atoms with E-state index < -0.39 is 0 Å². The molecule has 2 saturated heterocycles. The summed E-state index contributed by atoms with van der Waals surface area (Å²) in [6.45, 7) is 6.30. The van der Waals surface area contributed by atoms with E-state index in [1.807, 2.05) is 6.92 Å². The van der Waals surface area contributed by atoms with Crippen molar-refractivity contribution in [2.75, 3.05) is 19.6 Å². The zero-order valence-electron chi connectivity index (χ0n) is 10.4. The van der Waals surface area contributed by atoms with E-state index in [0.717, 1.165) is 37.2 Å². The summed E-state index contributed by atoms with van der Waals surface area (Å²) in [5.41, 5.74) is 0. The molecule has 2 atom stereocenters. The van der Waals surface area contributed by atoms with E-state index in [-0.39, 0.29) is 0 Å². The topological polar surface area (TPSA) is 54.2 Å². The molecule has 0 radical (unpaired) electrons. The molecule has 3 heterocycles. The van der Waals surface area contributed by atoms with Crippen molar-refractivity contribution < 1.29 is 4.42 Å². The van der Waals surface area contributed by atoms with Crippen LogP contribution in [0.4, 0.5) is 0 Å². The molecule has 0 aromatic carbocycles. The second kappa shape index (κ2) is 4.74. The summed E-state index contributed by atoms with van der Waals surface area (Å²) in [4.78, 5) is 2.43. The molecule has 94 valence electrons. The Morgan fingerprint density at radius 1 is 1.35 bits per heavy atom. The van der Waals surface area contributed by atoms with Crippen LogP contribution in [0.2, 0.25) is 0 Å². The van der Waals surface area contributed by atoms with Crippen LogP contribution in [0.15, 0.2) is 4.42 Å². The van der Waals surface area contributed by atoms with Gasteiger partial charge in [0.15, 0.2) is 0 Å². The van der Waals surface area contributed by atoms with Crippen molar-refractivity contribution in [1.82, 2.24) is 20.4 Å². The fourth-order valence-electron chi connectivity index (χ4n) is 2.95. The third-order valence-corrected chi connectivity index (χ3v) is 3.84. The minimum absolute atomic E-state index is 0.678. The van der Waals surface area contributed by atoms with Crippen molar-refractivity contribution in [3.05, 3.63) is 11.8 Å². The Labute approximate surface area is 102 Å². The summed E-state index contributed by atoms with van der Waals surface area (Å²) in [6.07, 6.45) is 3.49. The van der Waals surface area contributed by atoms with E-state index >= 15 is 0 Å². The van der Waals surface area contributed by atoms with E-state index in [1.54, 1.807) is 0 Å². The maximum absolute atomic E-state index is 5.56. The molecular weight excluding hydrogens is 216 g/mol. The van der Waals surface area contributed by atoms with Crippen LogP contribution in [0.3, 0.4) is 0 Å². The highest BCUT2D eigenvalue weighted by atomic mass is 16.4. The van der Waals surface area contributed by atoms with Gasteiger partial charge in [0.1, 0.15) is 0 Å². The molecule has 2 aliphatic rings. The number of rotatable bonds is 3. The molecule has 0 bridgehead atoms. The number of hydrogen-bond acceptors (Lipinski definition) is 5. The van der Waals surface area contributed by atoms with Crippen LogP contribution in [0.1, 0.15) is 31.5 Å². The molecule has 17 heavy (non-hydrogen) atoms. The van der Waals surface area contributed by atoms with Crippen molar-refractivity contribution in [2.24, 2.45) is 5.92 Å². The highest BCUT2D eigenvalue weighted by Crippen LogP contribution is 2.25. The lowest BCUT2D eigenvalue weighted by Crippen LogP contribution is -2.40. The zero-order valence-corrected chi connectivity index (χ0v) is 10.4. The predicted octanol–water partition coefficient (Wildman–Crippen LogP) is 0.816. The van der Waals surface area contributed by atoms with Gasteiger partial charge in [-0.2, -0.15) is 0 Å². The first-order valence-corrected chi connectivity index (χ1v) is 6.62. The summed E-state index contributed by atoms with van der Waals surface area (Å²) in [6, 6.07) is 0.678. The Morgan fingerprint density at radius 3 is 3.00 bits per heavy atom. The van der Waals surface area contributed by atoms with Gasteiger partial charge in [0, 0.05) is 25.6 Å². The molecule has 1 N–H and O–H groups in total. The van der Waals surface area contributed by atoms with E-state index in [0.29, 0.717) is 6.04 Å². The van der Waals surface area contributed by atoms with Crippen LogP contribution < -0.4 is 5.32 Å². The lowest BCUT2D eigenvalue weighted by Gasteiger charge is -2.24. The molecule has 0 unspecified atom stereocenters.